The van der Waals surface area contributed by atoms with E-state index in [0.717, 1.165) is 19.3 Å². The van der Waals surface area contributed by atoms with Gasteiger partial charge in [0.25, 0.3) is 0 Å². The Morgan fingerprint density at radius 3 is 2.78 bits per heavy atom. The second-order valence-corrected chi connectivity index (χ2v) is 5.04. The lowest BCUT2D eigenvalue weighted by Crippen LogP contribution is -2.46. The zero-order valence-corrected chi connectivity index (χ0v) is 10.9. The molecule has 0 saturated heterocycles. The second kappa shape index (κ2) is 5.24. The van der Waals surface area contributed by atoms with Crippen molar-refractivity contribution in [1.29, 1.82) is 0 Å². The molecule has 100 valence electrons. The van der Waals surface area contributed by atoms with E-state index in [1.807, 2.05) is 6.92 Å². The number of hydrogen-bond acceptors (Lipinski definition) is 3. The molecule has 0 bridgehead atoms. The van der Waals surface area contributed by atoms with Crippen molar-refractivity contribution in [2.45, 2.75) is 37.8 Å². The van der Waals surface area contributed by atoms with Crippen LogP contribution >= 0.6 is 0 Å². The van der Waals surface area contributed by atoms with Crippen LogP contribution in [0, 0.1) is 5.82 Å². The van der Waals surface area contributed by atoms with E-state index in [1.54, 1.807) is 12.1 Å². The van der Waals surface area contributed by atoms with Crippen LogP contribution in [0.15, 0.2) is 18.2 Å². The number of hydrogen-bond donors (Lipinski definition) is 2. The van der Waals surface area contributed by atoms with Gasteiger partial charge in [0.1, 0.15) is 11.6 Å². The minimum atomic E-state index is -0.604. The van der Waals surface area contributed by atoms with E-state index >= 15 is 0 Å². The van der Waals surface area contributed by atoms with Crippen molar-refractivity contribution in [3.05, 3.63) is 29.6 Å². The molecule has 1 aliphatic rings. The zero-order valence-electron chi connectivity index (χ0n) is 10.9. The van der Waals surface area contributed by atoms with Crippen molar-refractivity contribution in [1.82, 2.24) is 5.32 Å². The number of benzene rings is 1. The largest absolute Gasteiger partial charge is 0.496 e. The van der Waals surface area contributed by atoms with Crippen molar-refractivity contribution in [3.8, 4) is 5.75 Å². The molecule has 4 heteroatoms. The molecule has 1 atom stereocenters. The summed E-state index contributed by atoms with van der Waals surface area (Å²) in [4.78, 5) is 0. The number of methoxy groups -OCH3 is 1. The molecule has 18 heavy (non-hydrogen) atoms. The molecule has 0 aliphatic heterocycles. The Kier molecular flexibility index (Phi) is 3.88. The SMILES string of the molecule is COc1cccc(F)c1C(C)NCC1(O)CCC1. The van der Waals surface area contributed by atoms with Gasteiger partial charge in [-0.05, 0) is 38.3 Å². The Bertz CT molecular complexity index is 418. The van der Waals surface area contributed by atoms with E-state index in [2.05, 4.69) is 5.32 Å². The van der Waals surface area contributed by atoms with Crippen molar-refractivity contribution >= 4 is 0 Å². The number of halogens is 1. The van der Waals surface area contributed by atoms with Crippen LogP contribution in [0.2, 0.25) is 0 Å². The summed E-state index contributed by atoms with van der Waals surface area (Å²) in [6, 6.07) is 4.61. The summed E-state index contributed by atoms with van der Waals surface area (Å²) < 4.78 is 19.0. The van der Waals surface area contributed by atoms with Gasteiger partial charge in [0.2, 0.25) is 0 Å². The van der Waals surface area contributed by atoms with Crippen molar-refractivity contribution in [2.75, 3.05) is 13.7 Å². The van der Waals surface area contributed by atoms with E-state index in [0.29, 0.717) is 17.9 Å². The van der Waals surface area contributed by atoms with Gasteiger partial charge in [0.05, 0.1) is 12.7 Å². The minimum absolute atomic E-state index is 0.189. The summed E-state index contributed by atoms with van der Waals surface area (Å²) in [5.74, 6) is 0.255. The van der Waals surface area contributed by atoms with E-state index in [4.69, 9.17) is 4.74 Å². The smallest absolute Gasteiger partial charge is 0.131 e. The summed E-state index contributed by atoms with van der Waals surface area (Å²) in [5.41, 5.74) is -0.0878. The summed E-state index contributed by atoms with van der Waals surface area (Å²) in [6.07, 6.45) is 2.71. The quantitative estimate of drug-likeness (QED) is 0.846. The van der Waals surface area contributed by atoms with Gasteiger partial charge >= 0.3 is 0 Å². The van der Waals surface area contributed by atoms with Crippen LogP contribution in [-0.4, -0.2) is 24.4 Å². The molecule has 0 heterocycles. The van der Waals surface area contributed by atoms with Crippen molar-refractivity contribution in [2.24, 2.45) is 0 Å². The first-order chi connectivity index (χ1) is 8.56. The molecule has 0 aromatic heterocycles. The Balaban J connectivity index is 2.06. The second-order valence-electron chi connectivity index (χ2n) is 5.04. The van der Waals surface area contributed by atoms with Crippen LogP contribution in [0.25, 0.3) is 0 Å². The third-order valence-electron chi connectivity index (χ3n) is 3.69. The molecular formula is C14H20FNO2. The van der Waals surface area contributed by atoms with Gasteiger partial charge in [0.15, 0.2) is 0 Å². The average molecular weight is 253 g/mol. The summed E-state index contributed by atoms with van der Waals surface area (Å²) in [5, 5.41) is 13.2. The minimum Gasteiger partial charge on any atom is -0.496 e. The van der Waals surface area contributed by atoms with Crippen molar-refractivity contribution < 1.29 is 14.2 Å². The molecule has 0 amide bonds. The molecule has 1 aromatic carbocycles. The van der Waals surface area contributed by atoms with E-state index < -0.39 is 5.60 Å². The van der Waals surface area contributed by atoms with Gasteiger partial charge in [-0.15, -0.1) is 0 Å². The highest BCUT2D eigenvalue weighted by Gasteiger charge is 2.34. The number of aliphatic hydroxyl groups is 1. The molecule has 1 aromatic rings. The fourth-order valence-electron chi connectivity index (χ4n) is 2.32. The Hall–Kier alpha value is -1.13. The standard InChI is InChI=1S/C14H20FNO2/c1-10(16-9-14(17)7-4-8-14)13-11(15)5-3-6-12(13)18-2/h3,5-6,10,16-17H,4,7-9H2,1-2H3. The number of nitrogens with one attached hydrogen (secondary N) is 1. The Labute approximate surface area is 107 Å². The summed E-state index contributed by atoms with van der Waals surface area (Å²) >= 11 is 0. The Morgan fingerprint density at radius 2 is 2.22 bits per heavy atom. The molecule has 1 unspecified atom stereocenters. The normalized spacial score (nSPS) is 19.1. The van der Waals surface area contributed by atoms with Gasteiger partial charge < -0.3 is 15.2 Å². The average Bonchev–Trinajstić information content (AvgIpc) is 2.33. The first-order valence-electron chi connectivity index (χ1n) is 6.34. The highest BCUT2D eigenvalue weighted by atomic mass is 19.1. The highest BCUT2D eigenvalue weighted by molar-refractivity contribution is 5.36. The van der Waals surface area contributed by atoms with Gasteiger partial charge in [-0.25, -0.2) is 4.39 Å². The fourth-order valence-corrected chi connectivity index (χ4v) is 2.32. The Morgan fingerprint density at radius 1 is 1.50 bits per heavy atom. The lowest BCUT2D eigenvalue weighted by Gasteiger charge is -2.37. The molecule has 2 rings (SSSR count). The first kappa shape index (κ1) is 13.3. The van der Waals surface area contributed by atoms with Crippen LogP contribution in [0.1, 0.15) is 37.8 Å². The molecule has 2 N–H and O–H groups in total. The van der Waals surface area contributed by atoms with Crippen LogP contribution in [0.4, 0.5) is 4.39 Å². The molecule has 1 fully saturated rings. The lowest BCUT2D eigenvalue weighted by atomic mass is 9.80. The van der Waals surface area contributed by atoms with Crippen molar-refractivity contribution in [3.63, 3.8) is 0 Å². The predicted octanol–water partition coefficient (Wildman–Crippen LogP) is 2.40. The molecular weight excluding hydrogens is 233 g/mol. The maximum atomic E-state index is 13.8. The molecule has 1 aliphatic carbocycles. The van der Waals surface area contributed by atoms with Crippen LogP contribution in [0.3, 0.4) is 0 Å². The third kappa shape index (κ3) is 2.65. The number of ether oxygens (including phenoxy) is 1. The monoisotopic (exact) mass is 253 g/mol. The van der Waals surface area contributed by atoms with E-state index in [9.17, 15) is 9.50 Å². The van der Waals surface area contributed by atoms with Gasteiger partial charge in [0, 0.05) is 18.2 Å². The summed E-state index contributed by atoms with van der Waals surface area (Å²) in [7, 11) is 1.53. The molecule has 3 nitrogen and oxygen atoms in total. The van der Waals surface area contributed by atoms with Crippen LogP contribution in [0.5, 0.6) is 5.75 Å². The van der Waals surface area contributed by atoms with Gasteiger partial charge in [-0.3, -0.25) is 0 Å². The van der Waals surface area contributed by atoms with Crippen LogP contribution < -0.4 is 10.1 Å². The first-order valence-corrected chi connectivity index (χ1v) is 6.34. The third-order valence-corrected chi connectivity index (χ3v) is 3.69. The molecule has 1 saturated carbocycles. The maximum absolute atomic E-state index is 13.8. The topological polar surface area (TPSA) is 41.5 Å². The van der Waals surface area contributed by atoms with Crippen LogP contribution in [-0.2, 0) is 0 Å². The fraction of sp³-hybridized carbons (Fsp3) is 0.571. The maximum Gasteiger partial charge on any atom is 0.131 e. The lowest BCUT2D eigenvalue weighted by molar-refractivity contribution is -0.0330. The highest BCUT2D eigenvalue weighted by Crippen LogP contribution is 2.32. The van der Waals surface area contributed by atoms with E-state index in [-0.39, 0.29) is 11.9 Å². The number of rotatable bonds is 5. The van der Waals surface area contributed by atoms with Gasteiger partial charge in [-0.2, -0.15) is 0 Å². The predicted molar refractivity (Wildman–Crippen MR) is 68.2 cm³/mol. The van der Waals surface area contributed by atoms with Gasteiger partial charge in [-0.1, -0.05) is 6.07 Å². The summed E-state index contributed by atoms with van der Waals surface area (Å²) in [6.45, 7) is 2.37. The molecule has 0 radical (unpaired) electrons. The zero-order chi connectivity index (χ0) is 13.2. The molecule has 0 spiro atoms. The van der Waals surface area contributed by atoms with E-state index in [1.165, 1.54) is 13.2 Å².